The Morgan fingerprint density at radius 3 is 2.79 bits per heavy atom. The standard InChI is InChI=1S/C19H30N2O3/c1-16-6-4-7-17(14-16)24-11-5-8-18(22)20-15-19(2,3)21-9-12-23-13-10-21/h4,6-7,14H,5,8-13,15H2,1-3H3,(H,20,22). The number of hydrogen-bond acceptors (Lipinski definition) is 4. The van der Waals surface area contributed by atoms with E-state index in [-0.39, 0.29) is 11.4 Å². The van der Waals surface area contributed by atoms with Gasteiger partial charge < -0.3 is 14.8 Å². The number of benzene rings is 1. The normalized spacial score (nSPS) is 16.0. The van der Waals surface area contributed by atoms with Gasteiger partial charge in [-0.3, -0.25) is 9.69 Å². The van der Waals surface area contributed by atoms with Crippen molar-refractivity contribution in [1.82, 2.24) is 10.2 Å². The fourth-order valence-corrected chi connectivity index (χ4v) is 2.81. The van der Waals surface area contributed by atoms with Gasteiger partial charge >= 0.3 is 0 Å². The van der Waals surface area contributed by atoms with E-state index >= 15 is 0 Å². The molecule has 134 valence electrons. The van der Waals surface area contributed by atoms with Crippen molar-refractivity contribution in [2.45, 2.75) is 39.2 Å². The lowest BCUT2D eigenvalue weighted by molar-refractivity contribution is -0.122. The van der Waals surface area contributed by atoms with Gasteiger partial charge in [-0.2, -0.15) is 0 Å². The van der Waals surface area contributed by atoms with Crippen LogP contribution < -0.4 is 10.1 Å². The molecule has 1 aromatic rings. The van der Waals surface area contributed by atoms with Crippen LogP contribution in [0.1, 0.15) is 32.3 Å². The minimum absolute atomic E-state index is 0.0441. The van der Waals surface area contributed by atoms with Crippen molar-refractivity contribution in [1.29, 1.82) is 0 Å². The summed E-state index contributed by atoms with van der Waals surface area (Å²) in [6.07, 6.45) is 1.21. The Labute approximate surface area is 145 Å². The smallest absolute Gasteiger partial charge is 0.220 e. The summed E-state index contributed by atoms with van der Waals surface area (Å²) in [5.74, 6) is 0.952. The summed E-state index contributed by atoms with van der Waals surface area (Å²) in [5.41, 5.74) is 1.13. The maximum atomic E-state index is 12.0. The van der Waals surface area contributed by atoms with Crippen LogP contribution in [-0.2, 0) is 9.53 Å². The summed E-state index contributed by atoms with van der Waals surface area (Å²) in [7, 11) is 0. The van der Waals surface area contributed by atoms with Gasteiger partial charge in [0, 0.05) is 31.6 Å². The van der Waals surface area contributed by atoms with Crippen molar-refractivity contribution in [2.75, 3.05) is 39.5 Å². The Morgan fingerprint density at radius 1 is 1.33 bits per heavy atom. The number of rotatable bonds is 8. The molecule has 1 aliphatic rings. The lowest BCUT2D eigenvalue weighted by atomic mass is 10.0. The average Bonchev–Trinajstić information content (AvgIpc) is 2.58. The molecule has 5 nitrogen and oxygen atoms in total. The second-order valence-corrected chi connectivity index (χ2v) is 6.96. The largest absolute Gasteiger partial charge is 0.494 e. The summed E-state index contributed by atoms with van der Waals surface area (Å²) in [6, 6.07) is 7.96. The van der Waals surface area contributed by atoms with Crippen molar-refractivity contribution in [3.63, 3.8) is 0 Å². The Hall–Kier alpha value is -1.59. The van der Waals surface area contributed by atoms with Crippen LogP contribution in [0, 0.1) is 6.92 Å². The summed E-state index contributed by atoms with van der Waals surface area (Å²) < 4.78 is 11.1. The van der Waals surface area contributed by atoms with Crippen molar-refractivity contribution in [3.8, 4) is 5.75 Å². The lowest BCUT2D eigenvalue weighted by Gasteiger charge is -2.40. The zero-order valence-corrected chi connectivity index (χ0v) is 15.1. The van der Waals surface area contributed by atoms with Crippen molar-refractivity contribution in [3.05, 3.63) is 29.8 Å². The van der Waals surface area contributed by atoms with Crippen LogP contribution in [0.2, 0.25) is 0 Å². The van der Waals surface area contributed by atoms with Gasteiger partial charge in [-0.25, -0.2) is 0 Å². The fraction of sp³-hybridized carbons (Fsp3) is 0.632. The highest BCUT2D eigenvalue weighted by Gasteiger charge is 2.28. The zero-order valence-electron chi connectivity index (χ0n) is 15.1. The maximum absolute atomic E-state index is 12.0. The highest BCUT2D eigenvalue weighted by molar-refractivity contribution is 5.75. The Kier molecular flexibility index (Phi) is 7.06. The molecule has 5 heteroatoms. The molecule has 0 aromatic heterocycles. The number of morpholine rings is 1. The molecule has 0 saturated carbocycles. The van der Waals surface area contributed by atoms with Crippen molar-refractivity contribution < 1.29 is 14.3 Å². The van der Waals surface area contributed by atoms with Gasteiger partial charge in [0.2, 0.25) is 5.91 Å². The molecule has 1 saturated heterocycles. The highest BCUT2D eigenvalue weighted by atomic mass is 16.5. The topological polar surface area (TPSA) is 50.8 Å². The van der Waals surface area contributed by atoms with Crippen LogP contribution in [0.3, 0.4) is 0 Å². The minimum atomic E-state index is -0.0441. The molecule has 1 N–H and O–H groups in total. The molecular weight excluding hydrogens is 304 g/mol. The van der Waals surface area contributed by atoms with Crippen LogP contribution in [0.4, 0.5) is 0 Å². The molecule has 24 heavy (non-hydrogen) atoms. The average molecular weight is 334 g/mol. The second kappa shape index (κ2) is 9.04. The molecule has 1 heterocycles. The van der Waals surface area contributed by atoms with Gasteiger partial charge in [0.05, 0.1) is 19.8 Å². The first-order chi connectivity index (χ1) is 11.5. The molecule has 0 radical (unpaired) electrons. The van der Waals surface area contributed by atoms with Gasteiger partial charge in [0.1, 0.15) is 5.75 Å². The van der Waals surface area contributed by atoms with Gasteiger partial charge in [-0.05, 0) is 44.9 Å². The number of amides is 1. The number of aryl methyl sites for hydroxylation is 1. The van der Waals surface area contributed by atoms with Crippen molar-refractivity contribution >= 4 is 5.91 Å². The predicted molar refractivity (Wildman–Crippen MR) is 95.4 cm³/mol. The van der Waals surface area contributed by atoms with Crippen LogP contribution in [0.25, 0.3) is 0 Å². The highest BCUT2D eigenvalue weighted by Crippen LogP contribution is 2.15. The first kappa shape index (κ1) is 18.7. The Morgan fingerprint density at radius 2 is 2.08 bits per heavy atom. The molecule has 0 spiro atoms. The molecule has 0 atom stereocenters. The van der Waals surface area contributed by atoms with Gasteiger partial charge in [0.25, 0.3) is 0 Å². The zero-order chi connectivity index (χ0) is 17.4. The van der Waals surface area contributed by atoms with Gasteiger partial charge in [-0.15, -0.1) is 0 Å². The summed E-state index contributed by atoms with van der Waals surface area (Å²) >= 11 is 0. The third-order valence-corrected chi connectivity index (χ3v) is 4.39. The fourth-order valence-electron chi connectivity index (χ4n) is 2.81. The Balaban J connectivity index is 1.62. The molecule has 1 aromatic carbocycles. The molecule has 1 aliphatic heterocycles. The molecule has 0 unspecified atom stereocenters. The van der Waals surface area contributed by atoms with E-state index in [1.54, 1.807) is 0 Å². The second-order valence-electron chi connectivity index (χ2n) is 6.96. The van der Waals surface area contributed by atoms with Crippen LogP contribution in [-0.4, -0.2) is 55.8 Å². The number of hydrogen-bond donors (Lipinski definition) is 1. The number of carbonyl (C=O) groups is 1. The number of ether oxygens (including phenoxy) is 2. The van der Waals surface area contributed by atoms with E-state index in [1.165, 1.54) is 5.56 Å². The molecule has 1 fully saturated rings. The lowest BCUT2D eigenvalue weighted by Crippen LogP contribution is -2.55. The van der Waals surface area contributed by atoms with E-state index in [4.69, 9.17) is 9.47 Å². The van der Waals surface area contributed by atoms with E-state index in [1.807, 2.05) is 31.2 Å². The molecule has 0 aliphatic carbocycles. The molecule has 2 rings (SSSR count). The van der Waals surface area contributed by atoms with E-state index in [0.29, 0.717) is 19.6 Å². The first-order valence-corrected chi connectivity index (χ1v) is 8.76. The number of nitrogens with one attached hydrogen (secondary N) is 1. The maximum Gasteiger partial charge on any atom is 0.220 e. The predicted octanol–water partition coefficient (Wildman–Crippen LogP) is 2.38. The Bertz CT molecular complexity index is 525. The number of carbonyl (C=O) groups excluding carboxylic acids is 1. The summed E-state index contributed by atoms with van der Waals surface area (Å²) in [6.45, 7) is 11.0. The van der Waals surface area contributed by atoms with Crippen LogP contribution in [0.5, 0.6) is 5.75 Å². The molecular formula is C19H30N2O3. The van der Waals surface area contributed by atoms with E-state index in [9.17, 15) is 4.79 Å². The minimum Gasteiger partial charge on any atom is -0.494 e. The van der Waals surface area contributed by atoms with Gasteiger partial charge in [-0.1, -0.05) is 12.1 Å². The SMILES string of the molecule is Cc1cccc(OCCCC(=O)NCC(C)(C)N2CCOCC2)c1. The van der Waals surface area contributed by atoms with Crippen LogP contribution in [0.15, 0.2) is 24.3 Å². The van der Waals surface area contributed by atoms with E-state index in [0.717, 1.165) is 38.5 Å². The molecule has 0 bridgehead atoms. The number of nitrogens with zero attached hydrogens (tertiary/aromatic N) is 1. The van der Waals surface area contributed by atoms with Gasteiger partial charge in [0.15, 0.2) is 0 Å². The van der Waals surface area contributed by atoms with Crippen molar-refractivity contribution in [2.24, 2.45) is 0 Å². The monoisotopic (exact) mass is 334 g/mol. The summed E-state index contributed by atoms with van der Waals surface area (Å²) in [4.78, 5) is 14.4. The molecule has 1 amide bonds. The summed E-state index contributed by atoms with van der Waals surface area (Å²) in [5, 5.41) is 3.05. The third kappa shape index (κ3) is 6.13. The van der Waals surface area contributed by atoms with E-state index < -0.39 is 0 Å². The first-order valence-electron chi connectivity index (χ1n) is 8.76. The van der Waals surface area contributed by atoms with Crippen LogP contribution >= 0.6 is 0 Å². The third-order valence-electron chi connectivity index (χ3n) is 4.39. The van der Waals surface area contributed by atoms with E-state index in [2.05, 4.69) is 24.1 Å². The quantitative estimate of drug-likeness (QED) is 0.742.